The maximum absolute atomic E-state index is 13.8. The van der Waals surface area contributed by atoms with E-state index in [1.807, 2.05) is 55.2 Å². The van der Waals surface area contributed by atoms with Crippen molar-refractivity contribution in [2.24, 2.45) is 11.5 Å². The Morgan fingerprint density at radius 2 is 1.33 bits per heavy atom. The lowest BCUT2D eigenvalue weighted by Gasteiger charge is -2.19. The standard InChI is InChI=1S/C57H73N13O13/c1-9-69-42(27-35(4)65-69)44(71)34-62-55-63-41-30-38(52(59)75)32-46(80-20-14-21-82-56(76)60-17-15-47(72)79-11-3)50(41)68(55)19-13-12-18-67-49-39(40-33-61-53(64-54(40)67)43-28-36(5)66-70(43)10-2)29-37(51(58)74)31-45(49)81-26-25-78-24-23-77-22-16-48(73)83-57(6,7)8/h12-13,27-33H,9-11,14-26,34H2,1-8H3,(H2,58,74)(H2,59,75)(H,60,76)(H,62,63)/b13-12+. The van der Waals surface area contributed by atoms with Crippen LogP contribution in [0.3, 0.4) is 0 Å². The molecule has 0 saturated heterocycles. The van der Waals surface area contributed by atoms with Gasteiger partial charge in [-0.15, -0.1) is 0 Å². The Bertz CT molecular complexity index is 3500. The second-order valence-electron chi connectivity index (χ2n) is 20.0. The Morgan fingerprint density at radius 3 is 2.02 bits per heavy atom. The van der Waals surface area contributed by atoms with Crippen LogP contribution >= 0.6 is 0 Å². The summed E-state index contributed by atoms with van der Waals surface area (Å²) in [5, 5.41) is 16.0. The monoisotopic (exact) mass is 1150 g/mol. The summed E-state index contributed by atoms with van der Waals surface area (Å²) in [5.74, 6) is -1.18. The molecule has 5 heterocycles. The van der Waals surface area contributed by atoms with Crippen molar-refractivity contribution in [3.63, 3.8) is 0 Å². The summed E-state index contributed by atoms with van der Waals surface area (Å²) in [6.45, 7) is 17.0. The lowest BCUT2D eigenvalue weighted by Crippen LogP contribution is -2.27. The molecule has 83 heavy (non-hydrogen) atoms. The van der Waals surface area contributed by atoms with Crippen LogP contribution in [0.25, 0.3) is 44.5 Å². The number of hydrogen-bond acceptors (Lipinski definition) is 19. The number of alkyl carbamates (subject to hydrolysis) is 1. The number of carbonyl (C=O) groups is 6. The van der Waals surface area contributed by atoms with E-state index in [9.17, 15) is 28.8 Å². The lowest BCUT2D eigenvalue weighted by molar-refractivity contribution is -0.156. The Balaban J connectivity index is 1.19. The van der Waals surface area contributed by atoms with Crippen LogP contribution in [0.1, 0.15) is 103 Å². The number of ether oxygens (including phenoxy) is 7. The highest BCUT2D eigenvalue weighted by Gasteiger charge is 2.24. The van der Waals surface area contributed by atoms with Crippen molar-refractivity contribution in [1.29, 1.82) is 0 Å². The van der Waals surface area contributed by atoms with Crippen molar-refractivity contribution in [2.75, 3.05) is 71.3 Å². The topological polar surface area (TPSA) is 327 Å². The number of aromatic nitrogens is 9. The molecular formula is C57H73N13O13. The highest BCUT2D eigenvalue weighted by atomic mass is 16.6. The molecule has 26 heteroatoms. The van der Waals surface area contributed by atoms with E-state index in [1.54, 1.807) is 61.3 Å². The first-order valence-corrected chi connectivity index (χ1v) is 27.5. The third-order valence-corrected chi connectivity index (χ3v) is 12.5. The Labute approximate surface area is 479 Å². The van der Waals surface area contributed by atoms with E-state index < -0.39 is 29.5 Å². The van der Waals surface area contributed by atoms with Crippen LogP contribution in [-0.2, 0) is 59.5 Å². The molecule has 0 fully saturated rings. The SMILES string of the molecule is CCOC(=O)CCNC(=O)OCCCOc1cc(C(N)=O)cc2nc(NCC(=O)c3cc(C)nn3CC)n(C/C=C/Cn3c4nc(-c5cc(C)nn5CC)ncc4c4cc(C(N)=O)cc(OCCOCCOCCC(=O)OC(C)(C)C)c43)c12. The van der Waals surface area contributed by atoms with Gasteiger partial charge in [-0.25, -0.2) is 19.7 Å². The predicted molar refractivity (Wildman–Crippen MR) is 306 cm³/mol. The van der Waals surface area contributed by atoms with Gasteiger partial charge in [0.1, 0.15) is 46.3 Å². The summed E-state index contributed by atoms with van der Waals surface area (Å²) in [4.78, 5) is 90.2. The largest absolute Gasteiger partial charge is 0.491 e. The number of amides is 3. The number of carbonyl (C=O) groups excluding carboxylic acids is 6. The van der Waals surface area contributed by atoms with Crippen LogP contribution in [0, 0.1) is 13.8 Å². The number of imidazole rings is 1. The summed E-state index contributed by atoms with van der Waals surface area (Å²) < 4.78 is 46.8. The molecule has 0 unspecified atom stereocenters. The molecule has 2 aromatic carbocycles. The minimum atomic E-state index is -0.730. The van der Waals surface area contributed by atoms with Gasteiger partial charge in [-0.2, -0.15) is 10.2 Å². The van der Waals surface area contributed by atoms with Crippen molar-refractivity contribution < 1.29 is 61.9 Å². The zero-order chi connectivity index (χ0) is 59.8. The number of nitrogens with one attached hydrogen (secondary N) is 2. The van der Waals surface area contributed by atoms with Crippen molar-refractivity contribution in [3.8, 4) is 23.0 Å². The number of nitrogens with zero attached hydrogens (tertiary/aromatic N) is 9. The van der Waals surface area contributed by atoms with E-state index >= 15 is 0 Å². The second kappa shape index (κ2) is 28.7. The molecule has 0 spiro atoms. The Morgan fingerprint density at radius 1 is 0.675 bits per heavy atom. The molecule has 0 saturated carbocycles. The van der Waals surface area contributed by atoms with Crippen LogP contribution in [0.15, 0.2) is 54.7 Å². The van der Waals surface area contributed by atoms with Gasteiger partial charge >= 0.3 is 18.0 Å². The van der Waals surface area contributed by atoms with Gasteiger partial charge in [-0.3, -0.25) is 33.3 Å². The van der Waals surface area contributed by atoms with Crippen molar-refractivity contribution in [1.82, 2.24) is 49.0 Å². The van der Waals surface area contributed by atoms with Gasteiger partial charge in [0.2, 0.25) is 17.8 Å². The predicted octanol–water partition coefficient (Wildman–Crippen LogP) is 5.99. The van der Waals surface area contributed by atoms with Gasteiger partial charge in [-0.05, 0) is 91.8 Å². The highest BCUT2D eigenvalue weighted by Crippen LogP contribution is 2.37. The van der Waals surface area contributed by atoms with Crippen LogP contribution in [0.2, 0.25) is 0 Å². The van der Waals surface area contributed by atoms with Crippen molar-refractivity contribution in [2.45, 2.75) is 106 Å². The summed E-state index contributed by atoms with van der Waals surface area (Å²) >= 11 is 0. The summed E-state index contributed by atoms with van der Waals surface area (Å²) in [6, 6.07) is 9.93. The van der Waals surface area contributed by atoms with Crippen LogP contribution < -0.4 is 31.6 Å². The maximum Gasteiger partial charge on any atom is 0.407 e. The molecule has 5 aromatic heterocycles. The Kier molecular flexibility index (Phi) is 21.3. The van der Waals surface area contributed by atoms with Gasteiger partial charge in [0.25, 0.3) is 0 Å². The lowest BCUT2D eigenvalue weighted by atomic mass is 10.1. The fourth-order valence-electron chi connectivity index (χ4n) is 8.94. The number of hydrogen-bond donors (Lipinski definition) is 4. The van der Waals surface area contributed by atoms with Gasteiger partial charge in [0, 0.05) is 67.2 Å². The molecule has 0 bridgehead atoms. The number of fused-ring (bicyclic) bond motifs is 4. The third-order valence-electron chi connectivity index (χ3n) is 12.5. The number of anilines is 1. The molecule has 0 radical (unpaired) electrons. The first-order valence-electron chi connectivity index (χ1n) is 27.5. The van der Waals surface area contributed by atoms with Crippen molar-refractivity contribution >= 4 is 74.5 Å². The summed E-state index contributed by atoms with van der Waals surface area (Å²) in [5.41, 5.74) is 16.0. The quantitative estimate of drug-likeness (QED) is 0.0124. The normalized spacial score (nSPS) is 11.7. The van der Waals surface area contributed by atoms with Gasteiger partial charge in [0.15, 0.2) is 11.6 Å². The van der Waals surface area contributed by atoms with E-state index in [-0.39, 0.29) is 133 Å². The molecule has 3 amide bonds. The number of benzene rings is 2. The average Bonchev–Trinajstić information content (AvgIpc) is 4.31. The number of aryl methyl sites for hydroxylation is 4. The van der Waals surface area contributed by atoms with Crippen LogP contribution in [0.4, 0.5) is 10.7 Å². The molecule has 444 valence electrons. The number of ketones is 1. The van der Waals surface area contributed by atoms with Crippen LogP contribution in [-0.4, -0.2) is 151 Å². The van der Waals surface area contributed by atoms with Gasteiger partial charge in [-0.1, -0.05) is 12.2 Å². The first-order chi connectivity index (χ1) is 39.8. The smallest absolute Gasteiger partial charge is 0.407 e. The fraction of sp³-hybridized carbons (Fsp3) is 0.456. The van der Waals surface area contributed by atoms with E-state index in [0.717, 1.165) is 5.69 Å². The average molecular weight is 1150 g/mol. The van der Waals surface area contributed by atoms with E-state index in [1.165, 1.54) is 12.1 Å². The zero-order valence-corrected chi connectivity index (χ0v) is 48.2. The number of nitrogens with two attached hydrogens (primary N) is 2. The fourth-order valence-corrected chi connectivity index (χ4v) is 8.94. The molecule has 7 rings (SSSR count). The summed E-state index contributed by atoms with van der Waals surface area (Å²) in [6.07, 6.45) is 5.12. The first kappa shape index (κ1) is 61.7. The minimum Gasteiger partial charge on any atom is -0.491 e. The zero-order valence-electron chi connectivity index (χ0n) is 48.2. The highest BCUT2D eigenvalue weighted by molar-refractivity contribution is 6.12. The number of primary amides is 2. The molecule has 0 aliphatic heterocycles. The van der Waals surface area contributed by atoms with Gasteiger partial charge in [0.05, 0.1) is 88.1 Å². The minimum absolute atomic E-state index is 0.00966. The Hall–Kier alpha value is -8.91. The van der Waals surface area contributed by atoms with E-state index in [0.29, 0.717) is 74.7 Å². The summed E-state index contributed by atoms with van der Waals surface area (Å²) in [7, 11) is 0. The molecular weight excluding hydrogens is 1070 g/mol. The van der Waals surface area contributed by atoms with Gasteiger partial charge < -0.3 is 64.4 Å². The molecule has 26 nitrogen and oxygen atoms in total. The second-order valence-corrected chi connectivity index (χ2v) is 20.0. The molecule has 0 atom stereocenters. The third kappa shape index (κ3) is 16.4. The van der Waals surface area contributed by atoms with E-state index in [2.05, 4.69) is 20.8 Å². The number of allylic oxidation sites excluding steroid dienone is 2. The van der Waals surface area contributed by atoms with Crippen molar-refractivity contribution in [3.05, 3.63) is 83.0 Å². The van der Waals surface area contributed by atoms with Crippen LogP contribution in [0.5, 0.6) is 11.5 Å². The molecule has 7 aromatic rings. The maximum atomic E-state index is 13.8. The number of esters is 2. The molecule has 0 aliphatic carbocycles. The molecule has 0 aliphatic rings. The number of Topliss-reactive ketones (excluding diaryl/α,β-unsaturated/α-hetero) is 1. The number of rotatable bonds is 32. The van der Waals surface area contributed by atoms with E-state index in [4.69, 9.17) is 59.6 Å². The molecule has 6 N–H and O–H groups in total.